The number of nitrogens with zero attached hydrogens (tertiary/aromatic N) is 3. The first-order chi connectivity index (χ1) is 17.0. The Morgan fingerprint density at radius 3 is 2.58 bits per heavy atom. The minimum absolute atomic E-state index is 0.123. The Morgan fingerprint density at radius 2 is 1.89 bits per heavy atom. The number of carbonyl (C=O) groups excluding carboxylic acids is 1. The lowest BCUT2D eigenvalue weighted by Crippen LogP contribution is -2.68. The molecule has 0 saturated carbocycles. The van der Waals surface area contributed by atoms with Crippen LogP contribution in [-0.4, -0.2) is 107 Å². The summed E-state index contributed by atoms with van der Waals surface area (Å²) in [6.45, 7) is 7.71. The highest BCUT2D eigenvalue weighted by Gasteiger charge is 2.46. The van der Waals surface area contributed by atoms with Crippen LogP contribution >= 0.6 is 0 Å². The van der Waals surface area contributed by atoms with Crippen LogP contribution in [0.2, 0.25) is 0 Å². The molecule has 0 aliphatic carbocycles. The minimum Gasteiger partial charge on any atom is -0.464 e. The van der Waals surface area contributed by atoms with Crippen LogP contribution in [0.3, 0.4) is 0 Å². The Morgan fingerprint density at radius 1 is 1.17 bits per heavy atom. The van der Waals surface area contributed by atoms with E-state index < -0.39 is 21.7 Å². The largest absolute Gasteiger partial charge is 0.464 e. The van der Waals surface area contributed by atoms with E-state index in [0.717, 1.165) is 28.0 Å². The summed E-state index contributed by atoms with van der Waals surface area (Å²) in [5.41, 5.74) is 0.197. The first-order valence-electron chi connectivity index (χ1n) is 12.3. The van der Waals surface area contributed by atoms with Gasteiger partial charge in [-0.2, -0.15) is 8.42 Å². The van der Waals surface area contributed by atoms with E-state index >= 15 is 0 Å². The molecular formula is C25H37N3O7S. The topological polar surface area (TPSA) is 99.5 Å². The maximum atomic E-state index is 13.1. The Labute approximate surface area is 213 Å². The molecule has 0 bridgehead atoms. The molecular weight excluding hydrogens is 486 g/mol. The molecule has 36 heavy (non-hydrogen) atoms. The second-order valence-corrected chi connectivity index (χ2v) is 12.0. The fourth-order valence-electron chi connectivity index (χ4n) is 4.45. The van der Waals surface area contributed by atoms with E-state index in [2.05, 4.69) is 4.90 Å². The smallest absolute Gasteiger partial charge is 0.366 e. The van der Waals surface area contributed by atoms with E-state index in [4.69, 9.17) is 18.4 Å². The van der Waals surface area contributed by atoms with Crippen LogP contribution in [0.25, 0.3) is 10.9 Å². The Hall–Kier alpha value is -2.02. The first-order valence-corrected chi connectivity index (χ1v) is 13.6. The average molecular weight is 524 g/mol. The molecule has 11 heteroatoms. The summed E-state index contributed by atoms with van der Waals surface area (Å²) in [7, 11) is -0.215. The number of benzene rings is 1. The van der Waals surface area contributed by atoms with Gasteiger partial charge in [-0.15, -0.1) is 0 Å². The Bertz CT molecular complexity index is 1170. The van der Waals surface area contributed by atoms with Crippen LogP contribution in [0, 0.1) is 5.41 Å². The van der Waals surface area contributed by atoms with Crippen molar-refractivity contribution in [1.29, 1.82) is 0 Å². The van der Waals surface area contributed by atoms with E-state index in [-0.39, 0.29) is 18.8 Å². The molecule has 3 heterocycles. The van der Waals surface area contributed by atoms with E-state index in [1.54, 1.807) is 32.2 Å². The summed E-state index contributed by atoms with van der Waals surface area (Å²) in [5.74, 6) is -0.506. The third-order valence-corrected chi connectivity index (χ3v) is 8.03. The van der Waals surface area contributed by atoms with Gasteiger partial charge in [0.2, 0.25) is 0 Å². The van der Waals surface area contributed by atoms with Crippen molar-refractivity contribution < 1.29 is 31.6 Å². The summed E-state index contributed by atoms with van der Waals surface area (Å²) < 4.78 is 49.3. The summed E-state index contributed by atoms with van der Waals surface area (Å²) in [6.07, 6.45) is 2.31. The van der Waals surface area contributed by atoms with Gasteiger partial charge in [-0.1, -0.05) is 18.2 Å². The number of hydrogen-bond donors (Lipinski definition) is 0. The number of esters is 1. The van der Waals surface area contributed by atoms with Gasteiger partial charge in [0.05, 0.1) is 49.5 Å². The quantitative estimate of drug-likeness (QED) is 0.406. The predicted molar refractivity (Wildman–Crippen MR) is 135 cm³/mol. The molecule has 10 nitrogen and oxygen atoms in total. The summed E-state index contributed by atoms with van der Waals surface area (Å²) in [6, 6.07) is 7.33. The molecule has 2 aliphatic rings. The number of likely N-dealkylation sites (N-methyl/N-ethyl adjacent to an activating group) is 1. The molecule has 0 N–H and O–H groups in total. The predicted octanol–water partition coefficient (Wildman–Crippen LogP) is 1.53. The summed E-state index contributed by atoms with van der Waals surface area (Å²) in [5, 5.41) is 0.864. The Balaban J connectivity index is 1.36. The molecule has 2 saturated heterocycles. The van der Waals surface area contributed by atoms with Gasteiger partial charge in [0, 0.05) is 31.2 Å². The van der Waals surface area contributed by atoms with Crippen molar-refractivity contribution in [2.24, 2.45) is 5.41 Å². The molecule has 2 aromatic rings. The number of carbonyl (C=O) groups is 1. The van der Waals surface area contributed by atoms with Gasteiger partial charge < -0.3 is 19.1 Å². The average Bonchev–Trinajstić information content (AvgIpc) is 3.20. The molecule has 1 aromatic carbocycles. The van der Waals surface area contributed by atoms with Crippen LogP contribution in [0.4, 0.5) is 0 Å². The fraction of sp³-hybridized carbons (Fsp3) is 0.640. The highest BCUT2D eigenvalue weighted by molar-refractivity contribution is 7.85. The van der Waals surface area contributed by atoms with Gasteiger partial charge in [0.15, 0.2) is 0 Å². The lowest BCUT2D eigenvalue weighted by Gasteiger charge is -2.51. The first kappa shape index (κ1) is 27.0. The fourth-order valence-corrected chi connectivity index (χ4v) is 5.66. The normalized spacial score (nSPS) is 18.6. The van der Waals surface area contributed by atoms with Gasteiger partial charge in [-0.05, 0) is 46.0 Å². The lowest BCUT2D eigenvalue weighted by atomic mass is 9.94. The standard InChI is InChI=1S/C25H37N3O7S/c1-24(2,23(29)34-14-12-27-11-13-32-17-25(27)18-33-19-25)16-35-36(30,31)28-15-20(9-10-26(3)4)21-7-5-6-8-22(21)28/h5-8,15H,9-14,16-19H2,1-4H3. The zero-order valence-electron chi connectivity index (χ0n) is 21.6. The van der Waals surface area contributed by atoms with Crippen molar-refractivity contribution in [3.63, 3.8) is 0 Å². The van der Waals surface area contributed by atoms with Gasteiger partial charge in [0.25, 0.3) is 0 Å². The number of para-hydroxylation sites is 1. The molecule has 1 aromatic heterocycles. The number of ether oxygens (including phenoxy) is 3. The van der Waals surface area contributed by atoms with E-state index in [0.29, 0.717) is 44.9 Å². The van der Waals surface area contributed by atoms with Crippen molar-refractivity contribution in [3.8, 4) is 0 Å². The van der Waals surface area contributed by atoms with E-state index in [1.165, 1.54) is 0 Å². The molecule has 2 fully saturated rings. The van der Waals surface area contributed by atoms with Crippen molar-refractivity contribution in [2.75, 3.05) is 73.4 Å². The summed E-state index contributed by atoms with van der Waals surface area (Å²) in [4.78, 5) is 17.1. The van der Waals surface area contributed by atoms with Crippen molar-refractivity contribution in [2.45, 2.75) is 25.8 Å². The number of morpholine rings is 1. The lowest BCUT2D eigenvalue weighted by molar-refractivity contribution is -0.200. The molecule has 4 rings (SSSR count). The zero-order chi connectivity index (χ0) is 26.0. The van der Waals surface area contributed by atoms with E-state index in [9.17, 15) is 13.2 Å². The number of rotatable bonds is 11. The summed E-state index contributed by atoms with van der Waals surface area (Å²) >= 11 is 0. The third kappa shape index (κ3) is 5.76. The van der Waals surface area contributed by atoms with E-state index in [1.807, 2.05) is 31.1 Å². The highest BCUT2D eigenvalue weighted by atomic mass is 32.2. The zero-order valence-corrected chi connectivity index (χ0v) is 22.4. The molecule has 0 unspecified atom stereocenters. The van der Waals surface area contributed by atoms with Crippen molar-refractivity contribution >= 4 is 27.2 Å². The van der Waals surface area contributed by atoms with Crippen LogP contribution < -0.4 is 0 Å². The minimum atomic E-state index is -4.16. The molecule has 200 valence electrons. The van der Waals surface area contributed by atoms with Crippen LogP contribution in [-0.2, 0) is 39.9 Å². The van der Waals surface area contributed by atoms with Crippen LogP contribution in [0.5, 0.6) is 0 Å². The molecule has 0 amide bonds. The maximum Gasteiger partial charge on any atom is 0.366 e. The third-order valence-electron chi connectivity index (χ3n) is 6.83. The molecule has 1 spiro atoms. The van der Waals surface area contributed by atoms with Crippen LogP contribution in [0.1, 0.15) is 19.4 Å². The SMILES string of the molecule is CN(C)CCc1cn(S(=O)(=O)OCC(C)(C)C(=O)OCCN2CCOCC23COC3)c2ccccc12. The molecule has 2 aliphatic heterocycles. The molecule has 0 radical (unpaired) electrons. The number of fused-ring (bicyclic) bond motifs is 1. The highest BCUT2D eigenvalue weighted by Crippen LogP contribution is 2.29. The van der Waals surface area contributed by atoms with Gasteiger partial charge >= 0.3 is 16.3 Å². The monoisotopic (exact) mass is 523 g/mol. The van der Waals surface area contributed by atoms with Crippen molar-refractivity contribution in [1.82, 2.24) is 13.8 Å². The maximum absolute atomic E-state index is 13.1. The van der Waals surface area contributed by atoms with Crippen molar-refractivity contribution in [3.05, 3.63) is 36.0 Å². The second kappa shape index (κ2) is 10.8. The van der Waals surface area contributed by atoms with Crippen LogP contribution in [0.15, 0.2) is 30.5 Å². The van der Waals surface area contributed by atoms with Gasteiger partial charge in [0.1, 0.15) is 6.61 Å². The molecule has 0 atom stereocenters. The number of aromatic nitrogens is 1. The second-order valence-electron chi connectivity index (χ2n) is 10.5. The Kier molecular flexibility index (Phi) is 8.08. The van der Waals surface area contributed by atoms with Gasteiger partial charge in [-0.25, -0.2) is 3.97 Å². The van der Waals surface area contributed by atoms with Gasteiger partial charge in [-0.3, -0.25) is 13.9 Å². The number of hydrogen-bond acceptors (Lipinski definition) is 9.